The molecule has 5 aromatic heterocycles. The third-order valence-electron chi connectivity index (χ3n) is 6.17. The minimum Gasteiger partial charge on any atom is -0.353 e. The van der Waals surface area contributed by atoms with Crippen molar-refractivity contribution >= 4 is 44.7 Å². The number of nitrogens with one attached hydrogen (secondary N) is 3. The minimum atomic E-state index is -0.0205. The molecule has 1 amide bonds. The van der Waals surface area contributed by atoms with Crippen molar-refractivity contribution in [3.8, 4) is 33.1 Å². The lowest BCUT2D eigenvalue weighted by Crippen LogP contribution is -2.10. The van der Waals surface area contributed by atoms with Crippen molar-refractivity contribution in [1.82, 2.24) is 25.1 Å². The van der Waals surface area contributed by atoms with Crippen molar-refractivity contribution in [3.63, 3.8) is 0 Å². The van der Waals surface area contributed by atoms with Crippen molar-refractivity contribution in [2.24, 2.45) is 0 Å². The Hall–Kier alpha value is -4.30. The van der Waals surface area contributed by atoms with Gasteiger partial charge in [0.2, 0.25) is 5.91 Å². The monoisotopic (exact) mass is 492 g/mol. The highest BCUT2D eigenvalue weighted by molar-refractivity contribution is 7.15. The van der Waals surface area contributed by atoms with Gasteiger partial charge >= 0.3 is 0 Å². The number of carbonyl (C=O) groups excluding carboxylic acids is 1. The van der Waals surface area contributed by atoms with E-state index in [0.717, 1.165) is 45.5 Å². The van der Waals surface area contributed by atoms with Crippen molar-refractivity contribution in [2.75, 3.05) is 5.32 Å². The number of carbonyl (C=O) groups is 1. The molecule has 0 atom stereocenters. The SMILES string of the molecule is CCCC(=O)Nc1cncc(-c2cc3c(-c4cc5c(-c6ccc(C)s6)cccc5[nH]4)n[nH]c3cn2)c1. The zero-order valence-corrected chi connectivity index (χ0v) is 20.7. The standard InChI is InChI=1S/C28H24N6OS/c1-3-5-27(35)31-18-10-17(13-29-14-18)23-12-21-25(15-30-23)33-34-28(21)24-11-20-19(6-4-7-22(20)32-24)26-9-8-16(2)36-26/h4,6-15,32H,3,5H2,1-2H3,(H,31,35)(H,33,34). The van der Waals surface area contributed by atoms with Crippen molar-refractivity contribution in [2.45, 2.75) is 26.7 Å². The molecule has 0 bridgehead atoms. The number of rotatable bonds is 6. The number of aryl methyl sites for hydroxylation is 1. The quantitative estimate of drug-likeness (QED) is 0.234. The van der Waals surface area contributed by atoms with E-state index < -0.39 is 0 Å². The van der Waals surface area contributed by atoms with Crippen LogP contribution in [0.3, 0.4) is 0 Å². The Morgan fingerprint density at radius 2 is 1.94 bits per heavy atom. The lowest BCUT2D eigenvalue weighted by atomic mass is 10.1. The van der Waals surface area contributed by atoms with E-state index in [2.05, 4.69) is 73.8 Å². The summed E-state index contributed by atoms with van der Waals surface area (Å²) in [5, 5.41) is 12.8. The molecule has 0 aliphatic heterocycles. The molecule has 0 aliphatic rings. The molecule has 0 radical (unpaired) electrons. The molecule has 3 N–H and O–H groups in total. The van der Waals surface area contributed by atoms with Crippen LogP contribution in [0.15, 0.2) is 67.1 Å². The largest absolute Gasteiger partial charge is 0.353 e. The summed E-state index contributed by atoms with van der Waals surface area (Å²) in [5.74, 6) is -0.0205. The summed E-state index contributed by atoms with van der Waals surface area (Å²) in [6.07, 6.45) is 6.46. The molecule has 5 heterocycles. The van der Waals surface area contributed by atoms with Gasteiger partial charge in [-0.15, -0.1) is 11.3 Å². The Kier molecular flexibility index (Phi) is 5.58. The first-order valence-corrected chi connectivity index (χ1v) is 12.7. The van der Waals surface area contributed by atoms with Crippen LogP contribution >= 0.6 is 11.3 Å². The summed E-state index contributed by atoms with van der Waals surface area (Å²) >= 11 is 1.80. The minimum absolute atomic E-state index is 0.0205. The topological polar surface area (TPSA) is 99.4 Å². The highest BCUT2D eigenvalue weighted by Gasteiger charge is 2.15. The molecule has 36 heavy (non-hydrogen) atoms. The normalized spacial score (nSPS) is 11.4. The Morgan fingerprint density at radius 1 is 1.03 bits per heavy atom. The Morgan fingerprint density at radius 3 is 2.78 bits per heavy atom. The Balaban J connectivity index is 1.40. The third-order valence-corrected chi connectivity index (χ3v) is 7.20. The van der Waals surface area contributed by atoms with E-state index in [-0.39, 0.29) is 5.91 Å². The van der Waals surface area contributed by atoms with Crippen molar-refractivity contribution in [1.29, 1.82) is 0 Å². The van der Waals surface area contributed by atoms with Gasteiger partial charge in [-0.1, -0.05) is 19.1 Å². The van der Waals surface area contributed by atoms with E-state index in [1.165, 1.54) is 20.7 Å². The predicted octanol–water partition coefficient (Wildman–Crippen LogP) is 6.94. The average molecular weight is 493 g/mol. The van der Waals surface area contributed by atoms with Gasteiger partial charge in [-0.2, -0.15) is 5.10 Å². The second-order valence-corrected chi connectivity index (χ2v) is 10.1. The predicted molar refractivity (Wildman–Crippen MR) is 146 cm³/mol. The number of benzene rings is 1. The number of aromatic nitrogens is 5. The van der Waals surface area contributed by atoms with E-state index in [1.54, 1.807) is 29.9 Å². The van der Waals surface area contributed by atoms with Gasteiger partial charge < -0.3 is 10.3 Å². The van der Waals surface area contributed by atoms with Crippen molar-refractivity contribution < 1.29 is 4.79 Å². The lowest BCUT2D eigenvalue weighted by molar-refractivity contribution is -0.116. The zero-order chi connectivity index (χ0) is 24.6. The first-order chi connectivity index (χ1) is 17.6. The molecule has 0 unspecified atom stereocenters. The molecule has 6 aromatic rings. The number of aromatic amines is 2. The fourth-order valence-electron chi connectivity index (χ4n) is 4.46. The van der Waals surface area contributed by atoms with Crippen LogP contribution in [0.4, 0.5) is 5.69 Å². The third kappa shape index (κ3) is 4.05. The number of pyridine rings is 2. The summed E-state index contributed by atoms with van der Waals surface area (Å²) in [5.41, 5.74) is 7.14. The smallest absolute Gasteiger partial charge is 0.224 e. The maximum atomic E-state index is 12.0. The summed E-state index contributed by atoms with van der Waals surface area (Å²) in [6.45, 7) is 4.11. The van der Waals surface area contributed by atoms with E-state index in [1.807, 2.05) is 19.1 Å². The van der Waals surface area contributed by atoms with Crippen molar-refractivity contribution in [3.05, 3.63) is 72.0 Å². The zero-order valence-electron chi connectivity index (χ0n) is 19.9. The molecule has 178 valence electrons. The number of anilines is 1. The van der Waals surface area contributed by atoms with Crippen LogP contribution in [0.2, 0.25) is 0 Å². The first-order valence-electron chi connectivity index (χ1n) is 11.9. The number of hydrogen-bond donors (Lipinski definition) is 3. The molecular formula is C28H24N6OS. The summed E-state index contributed by atoms with van der Waals surface area (Å²) in [6, 6.07) is 16.7. The van der Waals surface area contributed by atoms with Crippen LogP contribution in [0.25, 0.3) is 54.9 Å². The molecular weight excluding hydrogens is 468 g/mol. The maximum Gasteiger partial charge on any atom is 0.224 e. The van der Waals surface area contributed by atoms with Gasteiger partial charge in [0.1, 0.15) is 5.69 Å². The van der Waals surface area contributed by atoms with Crippen LogP contribution in [-0.4, -0.2) is 31.1 Å². The molecule has 0 saturated carbocycles. The van der Waals surface area contributed by atoms with Crippen LogP contribution in [-0.2, 0) is 4.79 Å². The number of thiophene rings is 1. The molecule has 0 spiro atoms. The summed E-state index contributed by atoms with van der Waals surface area (Å²) in [7, 11) is 0. The second kappa shape index (κ2) is 9.05. The number of H-pyrrole nitrogens is 2. The van der Waals surface area contributed by atoms with Crippen LogP contribution in [0.1, 0.15) is 24.6 Å². The number of hydrogen-bond acceptors (Lipinski definition) is 5. The fourth-order valence-corrected chi connectivity index (χ4v) is 5.36. The Bertz CT molecular complexity index is 1730. The first kappa shape index (κ1) is 22.2. The van der Waals surface area contributed by atoms with E-state index in [0.29, 0.717) is 12.1 Å². The average Bonchev–Trinajstić information content (AvgIpc) is 3.61. The van der Waals surface area contributed by atoms with E-state index in [4.69, 9.17) is 0 Å². The highest BCUT2D eigenvalue weighted by atomic mass is 32.1. The summed E-state index contributed by atoms with van der Waals surface area (Å²) in [4.78, 5) is 27.0. The van der Waals surface area contributed by atoms with Crippen LogP contribution < -0.4 is 5.32 Å². The van der Waals surface area contributed by atoms with Gasteiger partial charge in [-0.05, 0) is 49.7 Å². The van der Waals surface area contributed by atoms with Gasteiger partial charge in [-0.25, -0.2) is 0 Å². The number of nitrogens with zero attached hydrogens (tertiary/aromatic N) is 3. The maximum absolute atomic E-state index is 12.0. The molecule has 0 aliphatic carbocycles. The number of amides is 1. The molecule has 0 fully saturated rings. The molecule has 1 aromatic carbocycles. The van der Waals surface area contributed by atoms with Gasteiger partial charge in [0, 0.05) is 49.8 Å². The number of fused-ring (bicyclic) bond motifs is 2. The van der Waals surface area contributed by atoms with E-state index in [9.17, 15) is 4.79 Å². The fraction of sp³-hybridized carbons (Fsp3) is 0.143. The van der Waals surface area contributed by atoms with Gasteiger partial charge in [0.15, 0.2) is 0 Å². The molecule has 7 nitrogen and oxygen atoms in total. The van der Waals surface area contributed by atoms with E-state index >= 15 is 0 Å². The van der Waals surface area contributed by atoms with Gasteiger partial charge in [0.25, 0.3) is 0 Å². The molecule has 6 rings (SSSR count). The highest BCUT2D eigenvalue weighted by Crippen LogP contribution is 2.37. The van der Waals surface area contributed by atoms with Crippen LogP contribution in [0.5, 0.6) is 0 Å². The van der Waals surface area contributed by atoms with Gasteiger partial charge in [0.05, 0.1) is 35.0 Å². The molecule has 8 heteroatoms. The summed E-state index contributed by atoms with van der Waals surface area (Å²) < 4.78 is 0. The molecule has 0 saturated heterocycles. The van der Waals surface area contributed by atoms with Gasteiger partial charge in [-0.3, -0.25) is 19.9 Å². The lowest BCUT2D eigenvalue weighted by Gasteiger charge is -2.06. The van der Waals surface area contributed by atoms with Crippen LogP contribution in [0, 0.1) is 6.92 Å². The second-order valence-electron chi connectivity index (χ2n) is 8.81. The Labute approximate surface area is 211 Å².